The van der Waals surface area contributed by atoms with Crippen LogP contribution in [0.15, 0.2) is 10.9 Å². The summed E-state index contributed by atoms with van der Waals surface area (Å²) < 4.78 is 0. The van der Waals surface area contributed by atoms with Gasteiger partial charge in [-0.25, -0.2) is 4.98 Å². The van der Waals surface area contributed by atoms with Gasteiger partial charge in [0.2, 0.25) is 5.91 Å². The number of thiazole rings is 1. The van der Waals surface area contributed by atoms with Gasteiger partial charge in [-0.2, -0.15) is 0 Å². The average molecular weight is 225 g/mol. The van der Waals surface area contributed by atoms with E-state index in [9.17, 15) is 9.59 Å². The highest BCUT2D eigenvalue weighted by Crippen LogP contribution is 2.09. The van der Waals surface area contributed by atoms with E-state index in [0.29, 0.717) is 18.7 Å². The first-order valence-electron chi connectivity index (χ1n) is 4.60. The number of nitrogens with zero attached hydrogens (tertiary/aromatic N) is 2. The summed E-state index contributed by atoms with van der Waals surface area (Å²) in [5.74, 6) is -0.136. The topological polar surface area (TPSA) is 62.3 Å². The third-order valence-electron chi connectivity index (χ3n) is 2.34. The fraction of sp³-hybridized carbons (Fsp3) is 0.444. The van der Waals surface area contributed by atoms with Gasteiger partial charge in [0.05, 0.1) is 11.6 Å². The van der Waals surface area contributed by atoms with Crippen LogP contribution in [0.2, 0.25) is 0 Å². The molecule has 2 rings (SSSR count). The van der Waals surface area contributed by atoms with Crippen LogP contribution in [-0.4, -0.2) is 41.3 Å². The zero-order valence-corrected chi connectivity index (χ0v) is 9.08. The summed E-state index contributed by atoms with van der Waals surface area (Å²) in [4.78, 5) is 28.3. The number of hydrogen-bond acceptors (Lipinski definition) is 4. The number of amides is 2. The van der Waals surface area contributed by atoms with Crippen molar-refractivity contribution in [3.05, 3.63) is 16.6 Å². The van der Waals surface area contributed by atoms with Crippen molar-refractivity contribution >= 4 is 23.2 Å². The number of likely N-dealkylation sites (N-methyl/N-ethyl adjacent to an activating group) is 1. The molecule has 1 aliphatic heterocycles. The van der Waals surface area contributed by atoms with Crippen LogP contribution < -0.4 is 5.32 Å². The Labute approximate surface area is 91.1 Å². The van der Waals surface area contributed by atoms with E-state index in [1.54, 1.807) is 22.8 Å². The summed E-state index contributed by atoms with van der Waals surface area (Å²) in [6.07, 6.45) is 0.381. The van der Waals surface area contributed by atoms with E-state index in [-0.39, 0.29) is 17.9 Å². The van der Waals surface area contributed by atoms with Crippen molar-refractivity contribution in [3.8, 4) is 0 Å². The molecule has 1 aromatic rings. The van der Waals surface area contributed by atoms with Crippen molar-refractivity contribution in [3.63, 3.8) is 0 Å². The molecule has 1 N–H and O–H groups in total. The van der Waals surface area contributed by atoms with Crippen LogP contribution in [0.4, 0.5) is 0 Å². The van der Waals surface area contributed by atoms with Crippen molar-refractivity contribution in [2.75, 3.05) is 13.6 Å². The van der Waals surface area contributed by atoms with E-state index >= 15 is 0 Å². The third-order valence-corrected chi connectivity index (χ3v) is 2.93. The van der Waals surface area contributed by atoms with Crippen LogP contribution in [0.3, 0.4) is 0 Å². The number of hydrogen-bond donors (Lipinski definition) is 1. The zero-order valence-electron chi connectivity index (χ0n) is 8.27. The maximum Gasteiger partial charge on any atom is 0.271 e. The zero-order chi connectivity index (χ0) is 10.8. The maximum absolute atomic E-state index is 11.6. The van der Waals surface area contributed by atoms with Crippen molar-refractivity contribution in [1.82, 2.24) is 15.2 Å². The molecule has 6 heteroatoms. The summed E-state index contributed by atoms with van der Waals surface area (Å²) in [7, 11) is 1.73. The second kappa shape index (κ2) is 3.98. The highest BCUT2D eigenvalue weighted by Gasteiger charge is 2.28. The summed E-state index contributed by atoms with van der Waals surface area (Å²) in [6.45, 7) is 0.578. The van der Waals surface area contributed by atoms with Gasteiger partial charge in [-0.1, -0.05) is 0 Å². The minimum atomic E-state index is -0.204. The Balaban J connectivity index is 1.94. The van der Waals surface area contributed by atoms with E-state index in [4.69, 9.17) is 0 Å². The van der Waals surface area contributed by atoms with Gasteiger partial charge in [0, 0.05) is 25.4 Å². The van der Waals surface area contributed by atoms with Crippen molar-refractivity contribution in [1.29, 1.82) is 0 Å². The van der Waals surface area contributed by atoms with Gasteiger partial charge in [0.25, 0.3) is 5.91 Å². The monoisotopic (exact) mass is 225 g/mol. The summed E-state index contributed by atoms with van der Waals surface area (Å²) >= 11 is 1.38. The van der Waals surface area contributed by atoms with Crippen LogP contribution in [0.1, 0.15) is 16.9 Å². The largest absolute Gasteiger partial charge is 0.346 e. The van der Waals surface area contributed by atoms with Gasteiger partial charge >= 0.3 is 0 Å². The number of nitrogens with one attached hydrogen (secondary N) is 1. The van der Waals surface area contributed by atoms with Crippen LogP contribution in [0.25, 0.3) is 0 Å². The lowest BCUT2D eigenvalue weighted by Gasteiger charge is -2.10. The van der Waals surface area contributed by atoms with Gasteiger partial charge in [-0.05, 0) is 0 Å². The summed E-state index contributed by atoms with van der Waals surface area (Å²) in [6, 6.07) is -0.0864. The Morgan fingerprint density at radius 1 is 1.73 bits per heavy atom. The molecule has 1 aliphatic rings. The Morgan fingerprint density at radius 2 is 2.53 bits per heavy atom. The Morgan fingerprint density at radius 3 is 3.07 bits per heavy atom. The highest BCUT2D eigenvalue weighted by molar-refractivity contribution is 7.07. The van der Waals surface area contributed by atoms with Crippen molar-refractivity contribution in [2.45, 2.75) is 12.5 Å². The van der Waals surface area contributed by atoms with Gasteiger partial charge in [-0.3, -0.25) is 9.59 Å². The molecule has 1 saturated heterocycles. The molecule has 1 atom stereocenters. The normalized spacial score (nSPS) is 20.7. The fourth-order valence-electron chi connectivity index (χ4n) is 1.54. The molecule has 0 aliphatic carbocycles. The summed E-state index contributed by atoms with van der Waals surface area (Å²) in [5, 5.41) is 4.48. The molecule has 15 heavy (non-hydrogen) atoms. The third kappa shape index (κ3) is 2.15. The smallest absolute Gasteiger partial charge is 0.271 e. The Bertz CT molecular complexity index is 377. The first-order chi connectivity index (χ1) is 7.16. The summed E-state index contributed by atoms with van der Waals surface area (Å²) in [5.41, 5.74) is 2.03. The first-order valence-corrected chi connectivity index (χ1v) is 5.54. The van der Waals surface area contributed by atoms with Gasteiger partial charge in [0.15, 0.2) is 0 Å². The van der Waals surface area contributed by atoms with Gasteiger partial charge in [0.1, 0.15) is 5.69 Å². The molecule has 0 bridgehead atoms. The van der Waals surface area contributed by atoms with E-state index in [2.05, 4.69) is 10.3 Å². The molecule has 2 heterocycles. The second-order valence-corrected chi connectivity index (χ2v) is 4.24. The predicted octanol–water partition coefficient (Wildman–Crippen LogP) is 0.104. The second-order valence-electron chi connectivity index (χ2n) is 3.52. The fourth-order valence-corrected chi connectivity index (χ4v) is 2.08. The van der Waals surface area contributed by atoms with E-state index < -0.39 is 0 Å². The van der Waals surface area contributed by atoms with Gasteiger partial charge < -0.3 is 10.2 Å². The predicted molar refractivity (Wildman–Crippen MR) is 55.6 cm³/mol. The van der Waals surface area contributed by atoms with Crippen molar-refractivity contribution in [2.24, 2.45) is 0 Å². The van der Waals surface area contributed by atoms with E-state index in [1.807, 2.05) is 0 Å². The SMILES string of the molecule is CN1CC(NC(=O)c2cscn2)CC1=O. The quantitative estimate of drug-likeness (QED) is 0.776. The van der Waals surface area contributed by atoms with Crippen LogP contribution >= 0.6 is 11.3 Å². The van der Waals surface area contributed by atoms with Crippen LogP contribution in [0, 0.1) is 0 Å². The molecular formula is C9H11N3O2S. The Hall–Kier alpha value is -1.43. The molecule has 1 fully saturated rings. The Kier molecular flexibility index (Phi) is 2.68. The highest BCUT2D eigenvalue weighted by atomic mass is 32.1. The molecule has 0 aromatic carbocycles. The molecule has 1 unspecified atom stereocenters. The van der Waals surface area contributed by atoms with Gasteiger partial charge in [-0.15, -0.1) is 11.3 Å². The average Bonchev–Trinajstić information content (AvgIpc) is 2.77. The number of likely N-dealkylation sites (tertiary alicyclic amines) is 1. The van der Waals surface area contributed by atoms with Crippen LogP contribution in [0.5, 0.6) is 0 Å². The molecule has 5 nitrogen and oxygen atoms in total. The maximum atomic E-state index is 11.6. The standard InChI is InChI=1S/C9H11N3O2S/c1-12-3-6(2-8(12)13)11-9(14)7-4-15-5-10-7/h4-6H,2-3H2,1H3,(H,11,14). The van der Waals surface area contributed by atoms with Crippen molar-refractivity contribution < 1.29 is 9.59 Å². The first kappa shape index (κ1) is 10.1. The lowest BCUT2D eigenvalue weighted by molar-refractivity contribution is -0.126. The molecule has 0 radical (unpaired) electrons. The van der Waals surface area contributed by atoms with E-state index in [0.717, 1.165) is 0 Å². The van der Waals surface area contributed by atoms with Crippen LogP contribution in [-0.2, 0) is 4.79 Å². The molecule has 2 amide bonds. The number of rotatable bonds is 2. The molecule has 1 aromatic heterocycles. The molecular weight excluding hydrogens is 214 g/mol. The molecule has 0 saturated carbocycles. The minimum absolute atomic E-state index is 0.0681. The molecule has 0 spiro atoms. The minimum Gasteiger partial charge on any atom is -0.346 e. The lowest BCUT2D eigenvalue weighted by atomic mass is 10.2. The number of carbonyl (C=O) groups excluding carboxylic acids is 2. The lowest BCUT2D eigenvalue weighted by Crippen LogP contribution is -2.36. The number of carbonyl (C=O) groups is 2. The van der Waals surface area contributed by atoms with E-state index in [1.165, 1.54) is 11.3 Å². The number of aromatic nitrogens is 1. The molecule has 80 valence electrons.